The van der Waals surface area contributed by atoms with Gasteiger partial charge in [0.2, 0.25) is 6.29 Å². The van der Waals surface area contributed by atoms with Crippen molar-refractivity contribution < 1.29 is 178 Å². The van der Waals surface area contributed by atoms with Gasteiger partial charge in [-0.2, -0.15) is 0 Å². The molecule has 7 heterocycles. The number of carbonyl (C=O) groups is 3. The second-order valence-electron chi connectivity index (χ2n) is 33.9. The van der Waals surface area contributed by atoms with E-state index in [1.807, 2.05) is 0 Å². The van der Waals surface area contributed by atoms with Crippen molar-refractivity contribution in [2.45, 2.75) is 341 Å². The highest BCUT2D eigenvalue weighted by molar-refractivity contribution is 5.79. The second kappa shape index (κ2) is 31.4. The van der Waals surface area contributed by atoms with Crippen LogP contribution in [0.25, 0.3) is 0 Å². The zero-order chi connectivity index (χ0) is 78.2. The summed E-state index contributed by atoms with van der Waals surface area (Å²) in [5, 5.41) is 208. The summed E-state index contributed by atoms with van der Waals surface area (Å²) in [4.78, 5) is 43.2. The number of hydrogen-bond donors (Lipinski definition) is 19. The number of aldehydes is 1. The Bertz CT molecular complexity index is 3130. The SMILES string of the molecule is CC1O[C@@H](O[C@H]2C(O[C@@H]3OC(CO)[C@H](O)[C@@H](O)C3O)[C@H](OC3CC[C@@]4(C)C(CC[C@]5(C)C4CC=C4[C@@H]6CC(C)(C)CC[C@]6(C(=O)O[C@@H]6OC(C)[C@H](O)[C@@H](O)C6O[C@@H]6OC(C)[C@H](O[C@@H]7OC[C@@H](O)[C@@H](O)C7O)[C@H](O[C@@H]7OC(CO)[C@@H](O)[C@@H](O)C7O)C6O)CC[C@]45C)[C@]3(C)C=O)OC(C(=O)O)[C@H]2O)C(O)[C@@H](O)[C@H]1O. The van der Waals surface area contributed by atoms with Crippen LogP contribution in [0.2, 0.25) is 0 Å². The standard InChI is InChI=1S/C71H112O36/c1-25-36(76)41(81)46(86)59(95-25)102-52-49(89)54(57(91)92)104-64(56(52)106-61-48(88)43(83)40(80)32(22-73)99-61)100-35-13-14-67(6)33(68(35,7)24-74)12-15-70(9)34(67)11-10-28-29-20-66(4,5)16-18-71(29,19-17-69(28,70)8)65(93)107-63-55(44(84)37(77)26(2)96-63)105-62-50(90)53(103-60-47(87)42(82)39(79)31(21-72)98-60)51(27(3)97-62)101-58-45(85)38(78)30(75)23-94-58/h10,24-27,29-56,58-64,72-73,75-90H,11-23H2,1-9H3,(H,91,92)/t25?,26?,27?,29-,30+,31?,32?,33?,34?,35?,36-,37-,38+,39+,40-,41-,42+,43+,44+,45?,46?,47?,48?,49-,50?,51-,52+,53+,54?,55?,56?,58-,59-,60-,61-,62-,63-,64+,67-,68-,69+,70+,71-/m0/s1. The Hall–Kier alpha value is -2.89. The molecule has 0 bridgehead atoms. The van der Waals surface area contributed by atoms with Crippen molar-refractivity contribution in [3.63, 3.8) is 0 Å². The van der Waals surface area contributed by atoms with Gasteiger partial charge in [0.25, 0.3) is 0 Å². The maximum atomic E-state index is 15.9. The molecule has 19 N–H and O–H groups in total. The van der Waals surface area contributed by atoms with Crippen LogP contribution < -0.4 is 0 Å². The molecule has 36 nitrogen and oxygen atoms in total. The smallest absolute Gasteiger partial charge is 0.335 e. The van der Waals surface area contributed by atoms with Gasteiger partial charge in [0.05, 0.1) is 55.1 Å². The molecule has 107 heavy (non-hydrogen) atoms. The van der Waals surface area contributed by atoms with Gasteiger partial charge in [-0.1, -0.05) is 53.2 Å². The number of aliphatic hydroxyl groups is 18. The molecule has 16 unspecified atom stereocenters. The maximum Gasteiger partial charge on any atom is 0.335 e. The Morgan fingerprint density at radius 2 is 0.981 bits per heavy atom. The van der Waals surface area contributed by atoms with Crippen LogP contribution in [0.3, 0.4) is 0 Å². The molecule has 0 aromatic rings. The lowest BCUT2D eigenvalue weighted by Gasteiger charge is -2.71. The monoisotopic (exact) mass is 1540 g/mol. The van der Waals surface area contributed by atoms with Gasteiger partial charge >= 0.3 is 11.9 Å². The summed E-state index contributed by atoms with van der Waals surface area (Å²) in [6, 6.07) is 0. The number of carbonyl (C=O) groups excluding carboxylic acids is 2. The number of allylic oxidation sites excluding steroid dienone is 2. The quantitative estimate of drug-likeness (QED) is 0.0263. The van der Waals surface area contributed by atoms with Crippen molar-refractivity contribution in [2.75, 3.05) is 19.8 Å². The van der Waals surface area contributed by atoms with Gasteiger partial charge in [-0.25, -0.2) is 4.79 Å². The summed E-state index contributed by atoms with van der Waals surface area (Å²) in [7, 11) is 0. The fraction of sp³-hybridized carbons (Fsp3) is 0.930. The van der Waals surface area contributed by atoms with E-state index in [0.29, 0.717) is 57.8 Å². The molecule has 0 spiro atoms. The van der Waals surface area contributed by atoms with Crippen molar-refractivity contribution in [3.05, 3.63) is 11.6 Å². The first-order valence-corrected chi connectivity index (χ1v) is 37.4. The van der Waals surface area contributed by atoms with Crippen molar-refractivity contribution in [2.24, 2.45) is 50.2 Å². The van der Waals surface area contributed by atoms with Gasteiger partial charge in [-0.15, -0.1) is 0 Å². The number of aliphatic hydroxyl groups excluding tert-OH is 18. The number of rotatable bonds is 18. The lowest BCUT2D eigenvalue weighted by atomic mass is 9.33. The number of ether oxygens (including phenoxy) is 14. The van der Waals surface area contributed by atoms with Crippen LogP contribution in [-0.2, 0) is 80.7 Å². The number of aliphatic carboxylic acids is 1. The van der Waals surface area contributed by atoms with Crippen molar-refractivity contribution >= 4 is 18.2 Å². The van der Waals surface area contributed by atoms with Crippen LogP contribution in [0, 0.1) is 50.2 Å². The minimum absolute atomic E-state index is 0.129. The highest BCUT2D eigenvalue weighted by atomic mass is 16.8. The largest absolute Gasteiger partial charge is 0.479 e. The molecule has 612 valence electrons. The van der Waals surface area contributed by atoms with Crippen molar-refractivity contribution in [3.8, 4) is 0 Å². The first-order chi connectivity index (χ1) is 50.2. The number of carboxylic acid groups (broad SMARTS) is 1. The molecule has 0 aromatic heterocycles. The van der Waals surface area contributed by atoms with Crippen LogP contribution in [0.15, 0.2) is 11.6 Å². The van der Waals surface area contributed by atoms with E-state index >= 15 is 4.79 Å². The molecule has 12 rings (SSSR count). The van der Waals surface area contributed by atoms with Crippen LogP contribution in [0.4, 0.5) is 0 Å². The number of fused-ring (bicyclic) bond motifs is 7. The minimum Gasteiger partial charge on any atom is -0.479 e. The fourth-order valence-corrected chi connectivity index (χ4v) is 20.4. The number of carboxylic acids is 1. The molecule has 36 heteroatoms. The van der Waals surface area contributed by atoms with Crippen LogP contribution in [-0.4, -0.2) is 350 Å². The molecule has 11 fully saturated rings. The minimum atomic E-state index is -2.22. The summed E-state index contributed by atoms with van der Waals surface area (Å²) in [6.07, 6.45) is -55.3. The molecule has 5 aliphatic carbocycles. The van der Waals surface area contributed by atoms with E-state index < -0.39 is 286 Å². The topological polar surface area (TPSA) is 565 Å². The summed E-state index contributed by atoms with van der Waals surface area (Å²) >= 11 is 0. The van der Waals surface area contributed by atoms with Crippen LogP contribution in [0.1, 0.15) is 127 Å². The average molecular weight is 1540 g/mol. The Labute approximate surface area is 617 Å². The zero-order valence-electron chi connectivity index (χ0n) is 61.2. The Morgan fingerprint density at radius 3 is 1.57 bits per heavy atom. The van der Waals surface area contributed by atoms with Crippen molar-refractivity contribution in [1.82, 2.24) is 0 Å². The van der Waals surface area contributed by atoms with E-state index in [1.165, 1.54) is 20.8 Å². The number of esters is 1. The van der Waals surface area contributed by atoms with E-state index in [0.717, 1.165) is 11.9 Å². The summed E-state index contributed by atoms with van der Waals surface area (Å²) in [5.41, 5.74) is -3.64. The molecule has 7 saturated heterocycles. The van der Waals surface area contributed by atoms with Crippen LogP contribution in [0.5, 0.6) is 0 Å². The van der Waals surface area contributed by atoms with E-state index in [1.54, 1.807) is 6.92 Å². The second-order valence-corrected chi connectivity index (χ2v) is 33.9. The van der Waals surface area contributed by atoms with Crippen molar-refractivity contribution in [1.29, 1.82) is 0 Å². The zero-order valence-corrected chi connectivity index (χ0v) is 61.2. The third kappa shape index (κ3) is 14.4. The molecular weight excluding hydrogens is 1430 g/mol. The maximum absolute atomic E-state index is 15.9. The molecule has 43 atom stereocenters. The number of hydrogen-bond acceptors (Lipinski definition) is 35. The van der Waals surface area contributed by atoms with Gasteiger partial charge in [0.1, 0.15) is 141 Å². The van der Waals surface area contributed by atoms with E-state index in [-0.39, 0.29) is 17.8 Å². The van der Waals surface area contributed by atoms with Gasteiger partial charge < -0.3 is 168 Å². The van der Waals surface area contributed by atoms with Crippen LogP contribution >= 0.6 is 0 Å². The Morgan fingerprint density at radius 1 is 0.477 bits per heavy atom. The third-order valence-corrected chi connectivity index (χ3v) is 27.2. The van der Waals surface area contributed by atoms with Gasteiger partial charge in [-0.05, 0) is 124 Å². The van der Waals surface area contributed by atoms with E-state index in [4.69, 9.17) is 66.3 Å². The van der Waals surface area contributed by atoms with E-state index in [9.17, 15) is 107 Å². The predicted octanol–water partition coefficient (Wildman–Crippen LogP) is -5.57. The Balaban J connectivity index is 0.807. The van der Waals surface area contributed by atoms with E-state index in [2.05, 4.69) is 40.7 Å². The third-order valence-electron chi connectivity index (χ3n) is 27.2. The molecule has 0 radical (unpaired) electrons. The average Bonchev–Trinajstić information content (AvgIpc) is 0.673. The Kier molecular flexibility index (Phi) is 24.5. The molecule has 0 aromatic carbocycles. The van der Waals surface area contributed by atoms with Gasteiger partial charge in [0, 0.05) is 0 Å². The highest BCUT2D eigenvalue weighted by Crippen LogP contribution is 2.76. The molecular formula is C71H112O36. The molecule has 7 aliphatic heterocycles. The summed E-state index contributed by atoms with van der Waals surface area (Å²) < 4.78 is 85.3. The summed E-state index contributed by atoms with van der Waals surface area (Å²) in [5.74, 6) is -3.44. The molecule has 4 saturated carbocycles. The lowest BCUT2D eigenvalue weighted by Crippen LogP contribution is -2.69. The van der Waals surface area contributed by atoms with Gasteiger partial charge in [0.15, 0.2) is 49.9 Å². The first kappa shape index (κ1) is 83.5. The van der Waals surface area contributed by atoms with Gasteiger partial charge in [-0.3, -0.25) is 4.79 Å². The summed E-state index contributed by atoms with van der Waals surface area (Å²) in [6.45, 7) is 14.6. The fourth-order valence-electron chi connectivity index (χ4n) is 20.4. The normalized spacial score (nSPS) is 55.0. The highest BCUT2D eigenvalue weighted by Gasteiger charge is 2.72. The molecule has 0 amide bonds. The predicted molar refractivity (Wildman–Crippen MR) is 351 cm³/mol. The first-order valence-electron chi connectivity index (χ1n) is 37.4. The molecule has 12 aliphatic rings. The lowest BCUT2D eigenvalue weighted by molar-refractivity contribution is -0.394.